The first-order chi connectivity index (χ1) is 9.94. The highest BCUT2D eigenvalue weighted by molar-refractivity contribution is 9.10. The number of fused-ring (bicyclic) bond motifs is 1. The number of halogens is 5. The minimum absolute atomic E-state index is 0.0209. The van der Waals surface area contributed by atoms with Crippen molar-refractivity contribution < 1.29 is 13.2 Å². The van der Waals surface area contributed by atoms with Crippen LogP contribution in [0.3, 0.4) is 0 Å². The van der Waals surface area contributed by atoms with E-state index in [1.165, 1.54) is 12.1 Å². The smallest absolute Gasteiger partial charge is 0.161 e. The average Bonchev–Trinajstić information content (AvgIpc) is 2.40. The lowest BCUT2D eigenvalue weighted by molar-refractivity contribution is 0.584. The molecule has 7 heteroatoms. The summed E-state index contributed by atoms with van der Waals surface area (Å²) in [5.74, 6) is -2.01. The van der Waals surface area contributed by atoms with Gasteiger partial charge in [0, 0.05) is 23.1 Å². The second-order valence-electron chi connectivity index (χ2n) is 4.28. The summed E-state index contributed by atoms with van der Waals surface area (Å²) in [4.78, 5) is 8.10. The molecular formula is C14H5BrClF3N2. The van der Waals surface area contributed by atoms with Gasteiger partial charge in [-0.05, 0) is 34.1 Å². The summed E-state index contributed by atoms with van der Waals surface area (Å²) in [5, 5.41) is 0.505. The van der Waals surface area contributed by atoms with Gasteiger partial charge >= 0.3 is 0 Å². The molecule has 0 aliphatic carbocycles. The van der Waals surface area contributed by atoms with Gasteiger partial charge in [-0.2, -0.15) is 0 Å². The van der Waals surface area contributed by atoms with Gasteiger partial charge < -0.3 is 0 Å². The van der Waals surface area contributed by atoms with E-state index in [0.717, 1.165) is 18.2 Å². The van der Waals surface area contributed by atoms with Crippen LogP contribution in [0.1, 0.15) is 0 Å². The highest BCUT2D eigenvalue weighted by atomic mass is 79.9. The van der Waals surface area contributed by atoms with Crippen molar-refractivity contribution in [1.29, 1.82) is 0 Å². The Morgan fingerprint density at radius 2 is 1.57 bits per heavy atom. The first-order valence-electron chi connectivity index (χ1n) is 5.73. The maximum Gasteiger partial charge on any atom is 0.161 e. The van der Waals surface area contributed by atoms with E-state index in [1.807, 2.05) is 0 Å². The Morgan fingerprint density at radius 1 is 0.905 bits per heavy atom. The Morgan fingerprint density at radius 3 is 2.24 bits per heavy atom. The Balaban J connectivity index is 2.27. The largest absolute Gasteiger partial charge is 0.228 e. The zero-order valence-corrected chi connectivity index (χ0v) is 12.5. The molecule has 0 aliphatic rings. The fraction of sp³-hybridized carbons (Fsp3) is 0. The second kappa shape index (κ2) is 5.27. The molecule has 0 unspecified atom stereocenters. The summed E-state index contributed by atoms with van der Waals surface area (Å²) in [7, 11) is 0. The molecule has 0 bridgehead atoms. The third-order valence-corrected chi connectivity index (χ3v) is 3.71. The third-order valence-electron chi connectivity index (χ3n) is 2.81. The summed E-state index contributed by atoms with van der Waals surface area (Å²) < 4.78 is 40.3. The molecule has 0 fully saturated rings. The van der Waals surface area contributed by atoms with Crippen LogP contribution in [0.2, 0.25) is 5.15 Å². The number of hydrogen-bond acceptors (Lipinski definition) is 2. The van der Waals surface area contributed by atoms with Crippen LogP contribution < -0.4 is 0 Å². The monoisotopic (exact) mass is 372 g/mol. The number of nitrogens with zero attached hydrogens (tertiary/aromatic N) is 2. The number of benzene rings is 2. The van der Waals surface area contributed by atoms with E-state index in [0.29, 0.717) is 5.39 Å². The van der Waals surface area contributed by atoms with Crippen LogP contribution in [-0.4, -0.2) is 9.97 Å². The first kappa shape index (κ1) is 14.3. The van der Waals surface area contributed by atoms with E-state index in [4.69, 9.17) is 11.6 Å². The minimum Gasteiger partial charge on any atom is -0.228 e. The molecule has 0 saturated heterocycles. The standard InChI is InChI=1S/C14H5BrClF3N2/c15-10-4-9-12(5-11(10)19)20-14(21-13(9)16)6-1-7(17)3-8(18)2-6/h1-5H. The number of aromatic nitrogens is 2. The molecular weight excluding hydrogens is 369 g/mol. The van der Waals surface area contributed by atoms with Crippen molar-refractivity contribution in [2.24, 2.45) is 0 Å². The summed E-state index contributed by atoms with van der Waals surface area (Å²) in [5.41, 5.74) is 0.370. The van der Waals surface area contributed by atoms with Gasteiger partial charge in [-0.3, -0.25) is 0 Å². The van der Waals surface area contributed by atoms with Crippen molar-refractivity contribution in [3.05, 3.63) is 57.4 Å². The van der Waals surface area contributed by atoms with Crippen molar-refractivity contribution >= 4 is 38.4 Å². The van der Waals surface area contributed by atoms with E-state index in [-0.39, 0.29) is 26.5 Å². The Kier molecular flexibility index (Phi) is 3.59. The fourth-order valence-electron chi connectivity index (χ4n) is 1.90. The molecule has 1 aromatic heterocycles. The van der Waals surface area contributed by atoms with Crippen LogP contribution in [-0.2, 0) is 0 Å². The zero-order valence-electron chi connectivity index (χ0n) is 10.2. The summed E-state index contributed by atoms with van der Waals surface area (Å²) in [6.45, 7) is 0. The normalized spacial score (nSPS) is 11.1. The van der Waals surface area contributed by atoms with E-state index >= 15 is 0 Å². The first-order valence-corrected chi connectivity index (χ1v) is 6.90. The Labute approximate surface area is 130 Å². The lowest BCUT2D eigenvalue weighted by Crippen LogP contribution is -1.94. The molecule has 2 aromatic carbocycles. The maximum atomic E-state index is 13.6. The van der Waals surface area contributed by atoms with Crippen LogP contribution in [0.4, 0.5) is 13.2 Å². The van der Waals surface area contributed by atoms with E-state index in [9.17, 15) is 13.2 Å². The highest BCUT2D eigenvalue weighted by Gasteiger charge is 2.12. The second-order valence-corrected chi connectivity index (χ2v) is 5.49. The van der Waals surface area contributed by atoms with Gasteiger partial charge in [-0.15, -0.1) is 0 Å². The zero-order chi connectivity index (χ0) is 15.1. The van der Waals surface area contributed by atoms with Crippen LogP contribution >= 0.6 is 27.5 Å². The van der Waals surface area contributed by atoms with Gasteiger partial charge in [-0.1, -0.05) is 11.6 Å². The van der Waals surface area contributed by atoms with Gasteiger partial charge in [0.15, 0.2) is 5.82 Å². The summed E-state index contributed by atoms with van der Waals surface area (Å²) >= 11 is 9.08. The quantitative estimate of drug-likeness (QED) is 0.553. The lowest BCUT2D eigenvalue weighted by atomic mass is 10.2. The average molecular weight is 374 g/mol. The molecule has 21 heavy (non-hydrogen) atoms. The van der Waals surface area contributed by atoms with Crippen molar-refractivity contribution in [2.45, 2.75) is 0 Å². The number of hydrogen-bond donors (Lipinski definition) is 0. The van der Waals surface area contributed by atoms with Crippen molar-refractivity contribution in [1.82, 2.24) is 9.97 Å². The van der Waals surface area contributed by atoms with Crippen LogP contribution in [0.5, 0.6) is 0 Å². The Bertz CT molecular complexity index is 850. The molecule has 1 heterocycles. The third kappa shape index (κ3) is 2.73. The van der Waals surface area contributed by atoms with Gasteiger partial charge in [0.25, 0.3) is 0 Å². The van der Waals surface area contributed by atoms with E-state index in [1.54, 1.807) is 0 Å². The molecule has 2 nitrogen and oxygen atoms in total. The van der Waals surface area contributed by atoms with Gasteiger partial charge in [-0.25, -0.2) is 23.1 Å². The molecule has 0 atom stereocenters. The number of rotatable bonds is 1. The summed E-state index contributed by atoms with van der Waals surface area (Å²) in [6.07, 6.45) is 0. The predicted octanol–water partition coefficient (Wildman–Crippen LogP) is 5.13. The molecule has 3 rings (SSSR count). The van der Waals surface area contributed by atoms with Crippen LogP contribution in [0.15, 0.2) is 34.8 Å². The van der Waals surface area contributed by atoms with Crippen LogP contribution in [0.25, 0.3) is 22.3 Å². The van der Waals surface area contributed by atoms with Gasteiger partial charge in [0.2, 0.25) is 0 Å². The minimum atomic E-state index is -0.758. The fourth-order valence-corrected chi connectivity index (χ4v) is 2.47. The highest BCUT2D eigenvalue weighted by Crippen LogP contribution is 2.29. The van der Waals surface area contributed by atoms with Gasteiger partial charge in [0.05, 0.1) is 9.99 Å². The molecule has 0 spiro atoms. The van der Waals surface area contributed by atoms with Crippen LogP contribution in [0, 0.1) is 17.5 Å². The van der Waals surface area contributed by atoms with E-state index in [2.05, 4.69) is 25.9 Å². The van der Waals surface area contributed by atoms with Crippen molar-refractivity contribution in [3.8, 4) is 11.4 Å². The lowest BCUT2D eigenvalue weighted by Gasteiger charge is -2.06. The SMILES string of the molecule is Fc1cc(F)cc(-c2nc(Cl)c3cc(Br)c(F)cc3n2)c1. The predicted molar refractivity (Wildman–Crippen MR) is 77.6 cm³/mol. The molecule has 0 saturated carbocycles. The van der Waals surface area contributed by atoms with Gasteiger partial charge in [0.1, 0.15) is 22.6 Å². The molecule has 0 amide bonds. The molecule has 3 aromatic rings. The molecule has 106 valence electrons. The topological polar surface area (TPSA) is 25.8 Å². The van der Waals surface area contributed by atoms with Crippen molar-refractivity contribution in [3.63, 3.8) is 0 Å². The summed E-state index contributed by atoms with van der Waals surface area (Å²) in [6, 6.07) is 5.52. The Hall–Kier alpha value is -1.66. The van der Waals surface area contributed by atoms with E-state index < -0.39 is 17.5 Å². The maximum absolute atomic E-state index is 13.6. The molecule has 0 aliphatic heterocycles. The molecule has 0 N–H and O–H groups in total. The molecule has 0 radical (unpaired) electrons. The van der Waals surface area contributed by atoms with Crippen molar-refractivity contribution in [2.75, 3.05) is 0 Å².